The van der Waals surface area contributed by atoms with Crippen molar-refractivity contribution in [2.75, 3.05) is 11.9 Å². The third-order valence-electron chi connectivity index (χ3n) is 6.13. The van der Waals surface area contributed by atoms with Crippen molar-refractivity contribution in [1.82, 2.24) is 4.90 Å². The Morgan fingerprint density at radius 3 is 2.64 bits per heavy atom. The number of halogens is 2. The number of furan rings is 1. The van der Waals surface area contributed by atoms with Gasteiger partial charge in [-0.1, -0.05) is 63.9 Å². The lowest BCUT2D eigenvalue weighted by molar-refractivity contribution is -0.122. The highest BCUT2D eigenvalue weighted by atomic mass is 79.9. The number of rotatable bonds is 10. The molecule has 4 aromatic rings. The number of nitrogens with zero attached hydrogens (tertiary/aromatic N) is 3. The Labute approximate surface area is 272 Å². The number of carbonyl (C=O) groups excluding carboxylic acids is 2. The number of hydrogen-bond acceptors (Lipinski definition) is 7. The molecule has 0 saturated carbocycles. The van der Waals surface area contributed by atoms with Crippen LogP contribution in [0.1, 0.15) is 23.8 Å². The van der Waals surface area contributed by atoms with Gasteiger partial charge < -0.3 is 14.5 Å². The molecule has 1 N–H and O–H groups in total. The van der Waals surface area contributed by atoms with Crippen LogP contribution in [0.5, 0.6) is 5.75 Å². The zero-order valence-electron chi connectivity index (χ0n) is 23.4. The van der Waals surface area contributed by atoms with Crippen molar-refractivity contribution in [3.8, 4) is 5.75 Å². The number of amides is 2. The Bertz CT molecular complexity index is 1750. The fourth-order valence-electron chi connectivity index (χ4n) is 4.08. The van der Waals surface area contributed by atoms with Gasteiger partial charge in [-0.2, -0.15) is 5.10 Å². The van der Waals surface area contributed by atoms with Gasteiger partial charge in [0.25, 0.3) is 11.8 Å². The van der Waals surface area contributed by atoms with Crippen LogP contribution < -0.4 is 10.1 Å². The van der Waals surface area contributed by atoms with E-state index in [2.05, 4.69) is 31.4 Å². The highest BCUT2D eigenvalue weighted by Crippen LogP contribution is 2.36. The minimum Gasteiger partial charge on any atom is -0.483 e. The van der Waals surface area contributed by atoms with E-state index < -0.39 is 0 Å². The van der Waals surface area contributed by atoms with E-state index in [1.54, 1.807) is 67.1 Å². The topological polar surface area (TPSA) is 96.5 Å². The Kier molecular flexibility index (Phi) is 10.5. The Hall–Kier alpha value is -4.38. The molecule has 2 heterocycles. The van der Waals surface area contributed by atoms with Gasteiger partial charge in [0.1, 0.15) is 11.5 Å². The summed E-state index contributed by atoms with van der Waals surface area (Å²) in [7, 11) is 0. The summed E-state index contributed by atoms with van der Waals surface area (Å²) < 4.78 is 12.1. The molecule has 0 aliphatic carbocycles. The highest BCUT2D eigenvalue weighted by molar-refractivity contribution is 9.10. The van der Waals surface area contributed by atoms with Gasteiger partial charge in [-0.05, 0) is 90.5 Å². The molecular formula is C33H26BrClN4O4S. The van der Waals surface area contributed by atoms with E-state index >= 15 is 0 Å². The molecule has 0 unspecified atom stereocenters. The van der Waals surface area contributed by atoms with Crippen LogP contribution in [0.3, 0.4) is 0 Å². The van der Waals surface area contributed by atoms with Crippen molar-refractivity contribution in [2.24, 2.45) is 10.2 Å². The predicted octanol–water partition coefficient (Wildman–Crippen LogP) is 8.27. The zero-order valence-corrected chi connectivity index (χ0v) is 26.6. The van der Waals surface area contributed by atoms with Gasteiger partial charge >= 0.3 is 0 Å². The van der Waals surface area contributed by atoms with Gasteiger partial charge in [-0.3, -0.25) is 14.5 Å². The minimum atomic E-state index is -0.339. The van der Waals surface area contributed by atoms with Gasteiger partial charge in [-0.15, -0.1) is 5.10 Å². The fourth-order valence-corrected chi connectivity index (χ4v) is 5.51. The normalized spacial score (nSPS) is 15.5. The van der Waals surface area contributed by atoms with Crippen molar-refractivity contribution in [3.05, 3.63) is 128 Å². The largest absolute Gasteiger partial charge is 0.483 e. The molecule has 1 aliphatic rings. The number of thioether (sulfide) groups is 1. The first kappa shape index (κ1) is 31.1. The summed E-state index contributed by atoms with van der Waals surface area (Å²) in [5.41, 5.74) is 3.16. The standard InChI is InChI=1S/C33H26BrClN4O4S/c1-22(16-23-6-3-2-4-7-23)19-36-38-33-39(20-28-8-5-15-42-28)32(41)30(44-33)18-24-17-25(34)9-14-29(24)43-21-31(40)37-27-12-10-26(35)11-13-27/h2-19H,20-21H2,1H3,(H,37,40)/b22-16+,30-18-,36-19-,38-33+. The van der Waals surface area contributed by atoms with E-state index in [9.17, 15) is 9.59 Å². The number of amidine groups is 1. The summed E-state index contributed by atoms with van der Waals surface area (Å²) in [5.74, 6) is 0.440. The molecule has 11 heteroatoms. The Balaban J connectivity index is 1.35. The molecular weight excluding hydrogens is 664 g/mol. The number of carbonyl (C=O) groups is 2. The number of benzene rings is 3. The summed E-state index contributed by atoms with van der Waals surface area (Å²) in [6, 6.07) is 25.6. The molecule has 1 fully saturated rings. The number of nitrogens with one attached hydrogen (secondary N) is 1. The molecule has 0 atom stereocenters. The van der Waals surface area contributed by atoms with Crippen LogP contribution in [0.4, 0.5) is 5.69 Å². The van der Waals surface area contributed by atoms with Crippen molar-refractivity contribution < 1.29 is 18.7 Å². The summed E-state index contributed by atoms with van der Waals surface area (Å²) in [6.45, 7) is 1.89. The lowest BCUT2D eigenvalue weighted by atomic mass is 10.1. The molecule has 1 aromatic heterocycles. The third kappa shape index (κ3) is 8.59. The SMILES string of the molecule is CC(/C=N\N=C1\S/C(=C\c2cc(Br)ccc2OCC(=O)Nc2ccc(Cl)cc2)C(=O)N1Cc1ccco1)=C\c1ccccc1. The van der Waals surface area contributed by atoms with Crippen molar-refractivity contribution in [3.63, 3.8) is 0 Å². The molecule has 0 spiro atoms. The molecule has 0 bridgehead atoms. The molecule has 8 nitrogen and oxygen atoms in total. The third-order valence-corrected chi connectivity index (χ3v) is 7.87. The van der Waals surface area contributed by atoms with E-state index in [-0.39, 0.29) is 25.0 Å². The molecule has 0 radical (unpaired) electrons. The van der Waals surface area contributed by atoms with E-state index in [0.29, 0.717) is 37.9 Å². The van der Waals surface area contributed by atoms with Crippen LogP contribution in [0.25, 0.3) is 12.2 Å². The number of hydrogen-bond donors (Lipinski definition) is 1. The summed E-state index contributed by atoms with van der Waals surface area (Å²) in [5, 5.41) is 12.4. The lowest BCUT2D eigenvalue weighted by Crippen LogP contribution is -2.28. The first-order valence-corrected chi connectivity index (χ1v) is 15.4. The van der Waals surface area contributed by atoms with Crippen molar-refractivity contribution in [1.29, 1.82) is 0 Å². The van der Waals surface area contributed by atoms with Gasteiger partial charge in [0.2, 0.25) is 0 Å². The molecule has 1 saturated heterocycles. The van der Waals surface area contributed by atoms with Crippen LogP contribution in [0, 0.1) is 0 Å². The van der Waals surface area contributed by atoms with Crippen LogP contribution in [-0.2, 0) is 16.1 Å². The number of allylic oxidation sites excluding steroid dienone is 1. The Morgan fingerprint density at radius 2 is 1.89 bits per heavy atom. The van der Waals surface area contributed by atoms with E-state index in [1.165, 1.54) is 16.7 Å². The first-order valence-electron chi connectivity index (χ1n) is 13.4. The second kappa shape index (κ2) is 14.9. The quantitative estimate of drug-likeness (QED) is 0.103. The van der Waals surface area contributed by atoms with Crippen LogP contribution in [0.15, 0.2) is 121 Å². The van der Waals surface area contributed by atoms with Crippen molar-refractivity contribution >= 4 is 80.3 Å². The smallest absolute Gasteiger partial charge is 0.267 e. The maximum Gasteiger partial charge on any atom is 0.267 e. The minimum absolute atomic E-state index is 0.191. The van der Waals surface area contributed by atoms with Gasteiger partial charge in [0.05, 0.1) is 23.9 Å². The molecule has 44 heavy (non-hydrogen) atoms. The summed E-state index contributed by atoms with van der Waals surface area (Å²) in [6.07, 6.45) is 6.91. The number of anilines is 1. The highest BCUT2D eigenvalue weighted by Gasteiger charge is 2.34. The molecule has 222 valence electrons. The van der Waals surface area contributed by atoms with Crippen LogP contribution in [-0.4, -0.2) is 34.7 Å². The lowest BCUT2D eigenvalue weighted by Gasteiger charge is -2.13. The molecule has 5 rings (SSSR count). The molecule has 1 aliphatic heterocycles. The second-order valence-corrected chi connectivity index (χ2v) is 11.9. The number of ether oxygens (including phenoxy) is 1. The van der Waals surface area contributed by atoms with Gasteiger partial charge in [0, 0.05) is 20.7 Å². The maximum atomic E-state index is 13.6. The zero-order chi connectivity index (χ0) is 30.9. The van der Waals surface area contributed by atoms with E-state index in [4.69, 9.17) is 20.8 Å². The molecule has 2 amide bonds. The first-order chi connectivity index (χ1) is 21.3. The summed E-state index contributed by atoms with van der Waals surface area (Å²) in [4.78, 5) is 28.1. The van der Waals surface area contributed by atoms with Gasteiger partial charge in [-0.25, -0.2) is 0 Å². The second-order valence-electron chi connectivity index (χ2n) is 9.53. The van der Waals surface area contributed by atoms with Gasteiger partial charge in [0.15, 0.2) is 11.8 Å². The van der Waals surface area contributed by atoms with E-state index in [0.717, 1.165) is 15.6 Å². The monoisotopic (exact) mass is 688 g/mol. The van der Waals surface area contributed by atoms with Crippen LogP contribution >= 0.6 is 39.3 Å². The Morgan fingerprint density at radius 1 is 1.09 bits per heavy atom. The summed E-state index contributed by atoms with van der Waals surface area (Å²) >= 11 is 10.6. The maximum absolute atomic E-state index is 13.6. The molecule has 3 aromatic carbocycles. The van der Waals surface area contributed by atoms with Crippen LogP contribution in [0.2, 0.25) is 5.02 Å². The fraction of sp³-hybridized carbons (Fsp3) is 0.0909. The van der Waals surface area contributed by atoms with Crippen molar-refractivity contribution in [2.45, 2.75) is 13.5 Å². The predicted molar refractivity (Wildman–Crippen MR) is 181 cm³/mol. The average Bonchev–Trinajstić information content (AvgIpc) is 3.63. The van der Waals surface area contributed by atoms with E-state index in [1.807, 2.05) is 49.4 Å². The average molecular weight is 690 g/mol.